The Morgan fingerprint density at radius 2 is 1.74 bits per heavy atom. The Balaban J connectivity index is 1.82. The SMILES string of the molecule is CC(C)c1nc(-c2cccc3cc(N(CC(=O)OC(C)(C)C)S(=O)(=O)c4cc(Cl)cc(Cl)c4)ccc23)no1. The van der Waals surface area contributed by atoms with E-state index in [2.05, 4.69) is 10.1 Å². The van der Waals surface area contributed by atoms with E-state index in [-0.39, 0.29) is 26.5 Å². The molecular formula is C27H27Cl2N3O5S. The van der Waals surface area contributed by atoms with Gasteiger partial charge in [-0.25, -0.2) is 8.42 Å². The van der Waals surface area contributed by atoms with Crippen LogP contribution in [0.1, 0.15) is 46.4 Å². The molecule has 4 rings (SSSR count). The van der Waals surface area contributed by atoms with Crippen LogP contribution < -0.4 is 4.31 Å². The summed E-state index contributed by atoms with van der Waals surface area (Å²) in [5.74, 6) is 0.308. The van der Waals surface area contributed by atoms with E-state index in [1.165, 1.54) is 18.2 Å². The molecule has 200 valence electrons. The molecule has 0 saturated heterocycles. The molecule has 0 aliphatic carbocycles. The van der Waals surface area contributed by atoms with E-state index in [1.54, 1.807) is 39.0 Å². The molecule has 0 spiro atoms. The van der Waals surface area contributed by atoms with Crippen molar-refractivity contribution in [3.63, 3.8) is 0 Å². The Kier molecular flexibility index (Phi) is 7.74. The smallest absolute Gasteiger partial charge is 0.327 e. The minimum atomic E-state index is -4.26. The zero-order valence-electron chi connectivity index (χ0n) is 21.5. The third kappa shape index (κ3) is 6.11. The quantitative estimate of drug-likeness (QED) is 0.222. The Morgan fingerprint density at radius 3 is 2.34 bits per heavy atom. The number of esters is 1. The Hall–Kier alpha value is -3.14. The van der Waals surface area contributed by atoms with Gasteiger partial charge in [0.15, 0.2) is 0 Å². The van der Waals surface area contributed by atoms with Gasteiger partial charge in [0.05, 0.1) is 10.6 Å². The van der Waals surface area contributed by atoms with Crippen molar-refractivity contribution in [2.24, 2.45) is 0 Å². The normalized spacial score (nSPS) is 12.2. The summed E-state index contributed by atoms with van der Waals surface area (Å²) in [6.45, 7) is 8.48. The molecule has 0 aliphatic rings. The van der Waals surface area contributed by atoms with Crippen molar-refractivity contribution in [3.05, 3.63) is 70.5 Å². The minimum absolute atomic E-state index is 0.0736. The van der Waals surface area contributed by atoms with Gasteiger partial charge in [0.1, 0.15) is 12.1 Å². The monoisotopic (exact) mass is 575 g/mol. The van der Waals surface area contributed by atoms with Crippen LogP contribution in [0.2, 0.25) is 10.0 Å². The lowest BCUT2D eigenvalue weighted by Gasteiger charge is -2.27. The lowest BCUT2D eigenvalue weighted by Crippen LogP contribution is -2.39. The molecule has 1 aromatic heterocycles. The molecular weight excluding hydrogens is 549 g/mol. The van der Waals surface area contributed by atoms with Crippen molar-refractivity contribution < 1.29 is 22.5 Å². The van der Waals surface area contributed by atoms with Crippen LogP contribution in [-0.4, -0.2) is 36.7 Å². The van der Waals surface area contributed by atoms with Crippen molar-refractivity contribution >= 4 is 55.7 Å². The highest BCUT2D eigenvalue weighted by molar-refractivity contribution is 7.92. The predicted octanol–water partition coefficient (Wildman–Crippen LogP) is 6.86. The number of fused-ring (bicyclic) bond motifs is 1. The van der Waals surface area contributed by atoms with Gasteiger partial charge in [-0.2, -0.15) is 4.98 Å². The maximum Gasteiger partial charge on any atom is 0.327 e. The van der Waals surface area contributed by atoms with E-state index >= 15 is 0 Å². The average molecular weight is 577 g/mol. The summed E-state index contributed by atoms with van der Waals surface area (Å²) in [5, 5.41) is 5.90. The first-order valence-corrected chi connectivity index (χ1v) is 14.0. The van der Waals surface area contributed by atoms with Gasteiger partial charge >= 0.3 is 5.97 Å². The van der Waals surface area contributed by atoms with Crippen LogP contribution in [0.4, 0.5) is 5.69 Å². The van der Waals surface area contributed by atoms with Crippen LogP contribution in [-0.2, 0) is 19.6 Å². The summed E-state index contributed by atoms with van der Waals surface area (Å²) < 4.78 is 39.4. The Bertz CT molecular complexity index is 1590. The maximum atomic E-state index is 13.8. The number of sulfonamides is 1. The van der Waals surface area contributed by atoms with Crippen LogP contribution in [0, 0.1) is 0 Å². The number of rotatable bonds is 7. The molecule has 0 atom stereocenters. The van der Waals surface area contributed by atoms with E-state index in [4.69, 9.17) is 32.5 Å². The first-order valence-electron chi connectivity index (χ1n) is 11.8. The number of carbonyl (C=O) groups excluding carboxylic acids is 1. The summed E-state index contributed by atoms with van der Waals surface area (Å²) in [5.41, 5.74) is 0.185. The maximum absolute atomic E-state index is 13.8. The van der Waals surface area contributed by atoms with Crippen LogP contribution in [0.15, 0.2) is 64.0 Å². The number of ether oxygens (including phenoxy) is 1. The van der Waals surface area contributed by atoms with Crippen LogP contribution in [0.25, 0.3) is 22.2 Å². The number of carbonyl (C=O) groups is 1. The lowest BCUT2D eigenvalue weighted by atomic mass is 10.0. The van der Waals surface area contributed by atoms with E-state index in [1.807, 2.05) is 32.0 Å². The largest absolute Gasteiger partial charge is 0.459 e. The molecule has 0 amide bonds. The van der Waals surface area contributed by atoms with Gasteiger partial charge in [-0.05, 0) is 61.9 Å². The second-order valence-electron chi connectivity index (χ2n) is 10.0. The summed E-state index contributed by atoms with van der Waals surface area (Å²) in [7, 11) is -4.26. The number of benzene rings is 3. The summed E-state index contributed by atoms with van der Waals surface area (Å²) >= 11 is 12.2. The van der Waals surface area contributed by atoms with E-state index < -0.39 is 28.1 Å². The molecule has 0 bridgehead atoms. The van der Waals surface area contributed by atoms with E-state index in [0.717, 1.165) is 15.3 Å². The molecule has 11 heteroatoms. The molecule has 3 aromatic carbocycles. The summed E-state index contributed by atoms with van der Waals surface area (Å²) in [6.07, 6.45) is 0. The van der Waals surface area contributed by atoms with Gasteiger partial charge in [0, 0.05) is 21.5 Å². The molecule has 4 aromatic rings. The van der Waals surface area contributed by atoms with Gasteiger partial charge in [0.2, 0.25) is 11.7 Å². The van der Waals surface area contributed by atoms with Crippen LogP contribution >= 0.6 is 23.2 Å². The predicted molar refractivity (Wildman–Crippen MR) is 148 cm³/mol. The number of hydrogen-bond acceptors (Lipinski definition) is 7. The molecule has 0 N–H and O–H groups in total. The molecule has 0 saturated carbocycles. The van der Waals surface area contributed by atoms with Crippen molar-refractivity contribution in [2.45, 2.75) is 51.0 Å². The molecule has 0 aliphatic heterocycles. The Morgan fingerprint density at radius 1 is 1.05 bits per heavy atom. The fourth-order valence-electron chi connectivity index (χ4n) is 3.81. The molecule has 8 nitrogen and oxygen atoms in total. The fourth-order valence-corrected chi connectivity index (χ4v) is 5.94. The van der Waals surface area contributed by atoms with Crippen LogP contribution in [0.5, 0.6) is 0 Å². The second-order valence-corrected chi connectivity index (χ2v) is 12.8. The second kappa shape index (κ2) is 10.6. The van der Waals surface area contributed by atoms with Gasteiger partial charge in [-0.3, -0.25) is 9.10 Å². The molecule has 0 radical (unpaired) electrons. The third-order valence-electron chi connectivity index (χ3n) is 5.45. The van der Waals surface area contributed by atoms with Crippen molar-refractivity contribution in [3.8, 4) is 11.4 Å². The number of anilines is 1. The highest BCUT2D eigenvalue weighted by Gasteiger charge is 2.30. The molecule has 0 fully saturated rings. The third-order valence-corrected chi connectivity index (χ3v) is 7.63. The number of nitrogens with zero attached hydrogens (tertiary/aromatic N) is 3. The zero-order chi connectivity index (χ0) is 27.8. The fraction of sp³-hybridized carbons (Fsp3) is 0.296. The van der Waals surface area contributed by atoms with Crippen molar-refractivity contribution in [2.75, 3.05) is 10.8 Å². The number of halogens is 2. The topological polar surface area (TPSA) is 103 Å². The minimum Gasteiger partial charge on any atom is -0.459 e. The number of aromatic nitrogens is 2. The van der Waals surface area contributed by atoms with Crippen molar-refractivity contribution in [1.29, 1.82) is 0 Å². The highest BCUT2D eigenvalue weighted by atomic mass is 35.5. The average Bonchev–Trinajstić information content (AvgIpc) is 3.30. The first-order chi connectivity index (χ1) is 17.7. The van der Waals surface area contributed by atoms with Crippen molar-refractivity contribution in [1.82, 2.24) is 10.1 Å². The first kappa shape index (κ1) is 27.9. The van der Waals surface area contributed by atoms with Gasteiger partial charge in [0.25, 0.3) is 10.0 Å². The van der Waals surface area contributed by atoms with Gasteiger partial charge in [-0.1, -0.05) is 66.5 Å². The summed E-state index contributed by atoms with van der Waals surface area (Å²) in [4.78, 5) is 17.1. The van der Waals surface area contributed by atoms with E-state index in [9.17, 15) is 13.2 Å². The zero-order valence-corrected chi connectivity index (χ0v) is 23.9. The standard InChI is InChI=1S/C27H27Cl2N3O5S/c1-16(2)26-30-25(31-37-26)23-8-6-7-17-11-20(9-10-22(17)23)32(15-24(33)36-27(3,4)5)38(34,35)21-13-18(28)12-19(29)14-21/h6-14,16H,15H2,1-5H3. The van der Waals surface area contributed by atoms with Gasteiger partial charge in [-0.15, -0.1) is 0 Å². The van der Waals surface area contributed by atoms with E-state index in [0.29, 0.717) is 17.1 Å². The Labute approximate surface area is 231 Å². The van der Waals surface area contributed by atoms with Gasteiger partial charge < -0.3 is 9.26 Å². The molecule has 1 heterocycles. The molecule has 0 unspecified atom stereocenters. The van der Waals surface area contributed by atoms with Crippen LogP contribution in [0.3, 0.4) is 0 Å². The highest BCUT2D eigenvalue weighted by Crippen LogP contribution is 2.33. The number of hydrogen-bond donors (Lipinski definition) is 0. The summed E-state index contributed by atoms with van der Waals surface area (Å²) in [6, 6.07) is 14.6. The lowest BCUT2D eigenvalue weighted by molar-refractivity contribution is -0.152. The molecule has 38 heavy (non-hydrogen) atoms.